The summed E-state index contributed by atoms with van der Waals surface area (Å²) >= 11 is 0. The lowest BCUT2D eigenvalue weighted by atomic mass is 9.75. The molecule has 17 heavy (non-hydrogen) atoms. The van der Waals surface area contributed by atoms with Crippen molar-refractivity contribution in [1.82, 2.24) is 0 Å². The average molecular weight is 240 g/mol. The van der Waals surface area contributed by atoms with Crippen LogP contribution in [0.25, 0.3) is 0 Å². The fraction of sp³-hybridized carbons (Fsp3) is 0.769. The van der Waals surface area contributed by atoms with Gasteiger partial charge in [-0.25, -0.2) is 0 Å². The second kappa shape index (κ2) is 7.20. The predicted octanol–water partition coefficient (Wildman–Crippen LogP) is 1.90. The van der Waals surface area contributed by atoms with Gasteiger partial charge in [-0.1, -0.05) is 0 Å². The lowest BCUT2D eigenvalue weighted by Gasteiger charge is -2.28. The van der Waals surface area contributed by atoms with Crippen LogP contribution in [0.5, 0.6) is 0 Å². The van der Waals surface area contributed by atoms with Crippen LogP contribution in [-0.2, 0) is 19.1 Å². The topological polar surface area (TPSA) is 60.4 Å². The first-order valence-corrected chi connectivity index (χ1v) is 6.31. The highest BCUT2D eigenvalue weighted by Crippen LogP contribution is 2.32. The first-order valence-electron chi connectivity index (χ1n) is 6.31. The normalized spacial score (nSPS) is 24.4. The Morgan fingerprint density at radius 1 is 1.53 bits per heavy atom. The highest BCUT2D eigenvalue weighted by Gasteiger charge is 2.31. The van der Waals surface area contributed by atoms with Crippen LogP contribution in [-0.4, -0.2) is 24.6 Å². The maximum atomic E-state index is 11.7. The number of carbonyl (C=O) groups is 3. The van der Waals surface area contributed by atoms with E-state index < -0.39 is 0 Å². The molecule has 0 radical (unpaired) electrons. The number of ketones is 1. The summed E-state index contributed by atoms with van der Waals surface area (Å²) in [5.74, 6) is -0.0332. The van der Waals surface area contributed by atoms with Gasteiger partial charge in [0.15, 0.2) is 0 Å². The quantitative estimate of drug-likeness (QED) is 0.525. The van der Waals surface area contributed by atoms with Crippen molar-refractivity contribution in [2.75, 3.05) is 6.61 Å². The summed E-state index contributed by atoms with van der Waals surface area (Å²) in [6, 6.07) is 0. The molecule has 1 aliphatic rings. The van der Waals surface area contributed by atoms with Gasteiger partial charge >= 0.3 is 5.97 Å². The number of esters is 1. The fourth-order valence-corrected chi connectivity index (χ4v) is 2.50. The Balaban J connectivity index is 2.45. The molecule has 0 unspecified atom stereocenters. The SMILES string of the molecule is CCOC(=O)CC[C@@H]1CCCC(=O)[C@H]1CC=O. The van der Waals surface area contributed by atoms with E-state index in [1.54, 1.807) is 6.92 Å². The van der Waals surface area contributed by atoms with Gasteiger partial charge in [0.25, 0.3) is 0 Å². The molecule has 0 amide bonds. The minimum absolute atomic E-state index is 0.171. The van der Waals surface area contributed by atoms with Crippen molar-refractivity contribution in [3.63, 3.8) is 0 Å². The minimum Gasteiger partial charge on any atom is -0.466 e. The molecule has 4 heteroatoms. The van der Waals surface area contributed by atoms with Crippen LogP contribution in [0.4, 0.5) is 0 Å². The first kappa shape index (κ1) is 13.9. The van der Waals surface area contributed by atoms with Gasteiger partial charge in [0, 0.05) is 25.2 Å². The molecule has 0 saturated heterocycles. The van der Waals surface area contributed by atoms with Crippen LogP contribution >= 0.6 is 0 Å². The summed E-state index contributed by atoms with van der Waals surface area (Å²) in [5.41, 5.74) is 0. The number of hydrogen-bond donors (Lipinski definition) is 0. The van der Waals surface area contributed by atoms with E-state index in [9.17, 15) is 14.4 Å². The third-order valence-corrected chi connectivity index (χ3v) is 3.36. The van der Waals surface area contributed by atoms with Crippen molar-refractivity contribution in [2.45, 2.75) is 45.4 Å². The van der Waals surface area contributed by atoms with Gasteiger partial charge < -0.3 is 9.53 Å². The largest absolute Gasteiger partial charge is 0.466 e. The van der Waals surface area contributed by atoms with Crippen LogP contribution in [0.2, 0.25) is 0 Å². The Labute approximate surface area is 102 Å². The smallest absolute Gasteiger partial charge is 0.305 e. The lowest BCUT2D eigenvalue weighted by molar-refractivity contribution is -0.144. The van der Waals surface area contributed by atoms with Gasteiger partial charge in [-0.3, -0.25) is 9.59 Å². The Kier molecular flexibility index (Phi) is 5.87. The Bertz CT molecular complexity index is 285. The molecule has 0 spiro atoms. The molecule has 2 atom stereocenters. The van der Waals surface area contributed by atoms with E-state index >= 15 is 0 Å². The van der Waals surface area contributed by atoms with Crippen molar-refractivity contribution in [1.29, 1.82) is 0 Å². The molecule has 0 bridgehead atoms. The molecular formula is C13H20O4. The molecule has 1 saturated carbocycles. The molecule has 0 aliphatic heterocycles. The highest BCUT2D eigenvalue weighted by atomic mass is 16.5. The summed E-state index contributed by atoms with van der Waals surface area (Å²) in [4.78, 5) is 33.5. The van der Waals surface area contributed by atoms with Crippen LogP contribution in [0.15, 0.2) is 0 Å². The molecule has 96 valence electrons. The highest BCUT2D eigenvalue weighted by molar-refractivity contribution is 5.84. The lowest BCUT2D eigenvalue weighted by Crippen LogP contribution is -2.29. The minimum atomic E-state index is -0.213. The number of aldehydes is 1. The molecular weight excluding hydrogens is 220 g/mol. The van der Waals surface area contributed by atoms with Gasteiger partial charge in [0.2, 0.25) is 0 Å². The molecule has 0 aromatic rings. The fourth-order valence-electron chi connectivity index (χ4n) is 2.50. The van der Waals surface area contributed by atoms with Crippen LogP contribution < -0.4 is 0 Å². The zero-order chi connectivity index (χ0) is 12.7. The van der Waals surface area contributed by atoms with Gasteiger partial charge in [0.05, 0.1) is 6.61 Å². The molecule has 1 fully saturated rings. The van der Waals surface area contributed by atoms with Crippen molar-refractivity contribution in [3.05, 3.63) is 0 Å². The van der Waals surface area contributed by atoms with Crippen LogP contribution in [0.1, 0.15) is 45.4 Å². The third kappa shape index (κ3) is 4.29. The molecule has 0 N–H and O–H groups in total. The predicted molar refractivity (Wildman–Crippen MR) is 62.4 cm³/mol. The number of hydrogen-bond acceptors (Lipinski definition) is 4. The van der Waals surface area contributed by atoms with E-state index in [4.69, 9.17) is 4.74 Å². The van der Waals surface area contributed by atoms with Crippen molar-refractivity contribution in [2.24, 2.45) is 11.8 Å². The summed E-state index contributed by atoms with van der Waals surface area (Å²) in [7, 11) is 0. The molecule has 0 heterocycles. The number of carbonyl (C=O) groups excluding carboxylic acids is 3. The summed E-state index contributed by atoms with van der Waals surface area (Å²) in [6.07, 6.45) is 4.50. The zero-order valence-electron chi connectivity index (χ0n) is 10.3. The summed E-state index contributed by atoms with van der Waals surface area (Å²) < 4.78 is 4.86. The standard InChI is InChI=1S/C13H20O4/c1-2-17-13(16)7-6-10-4-3-5-12(15)11(10)8-9-14/h9-11H,2-8H2,1H3/t10-,11-/m0/s1. The number of ether oxygens (including phenoxy) is 1. The van der Waals surface area contributed by atoms with Crippen molar-refractivity contribution in [3.8, 4) is 0 Å². The average Bonchev–Trinajstić information content (AvgIpc) is 2.30. The van der Waals surface area contributed by atoms with Crippen LogP contribution in [0.3, 0.4) is 0 Å². The maximum Gasteiger partial charge on any atom is 0.305 e. The molecule has 0 aromatic heterocycles. The molecule has 0 aromatic carbocycles. The Hall–Kier alpha value is -1.19. The van der Waals surface area contributed by atoms with E-state index in [1.165, 1.54) is 0 Å². The third-order valence-electron chi connectivity index (χ3n) is 3.36. The maximum absolute atomic E-state index is 11.7. The van der Waals surface area contributed by atoms with Crippen molar-refractivity contribution < 1.29 is 19.1 Å². The second-order valence-electron chi connectivity index (χ2n) is 4.47. The Morgan fingerprint density at radius 3 is 2.94 bits per heavy atom. The molecule has 1 rings (SSSR count). The van der Waals surface area contributed by atoms with Gasteiger partial charge in [0.1, 0.15) is 12.1 Å². The second-order valence-corrected chi connectivity index (χ2v) is 4.47. The van der Waals surface area contributed by atoms with E-state index in [2.05, 4.69) is 0 Å². The zero-order valence-corrected chi connectivity index (χ0v) is 10.3. The monoisotopic (exact) mass is 240 g/mol. The molecule has 1 aliphatic carbocycles. The van der Waals surface area contributed by atoms with Crippen molar-refractivity contribution >= 4 is 18.0 Å². The Morgan fingerprint density at radius 2 is 2.29 bits per heavy atom. The first-order chi connectivity index (χ1) is 8.19. The number of rotatable bonds is 6. The summed E-state index contributed by atoms with van der Waals surface area (Å²) in [5, 5.41) is 0. The van der Waals surface area contributed by atoms with E-state index in [0.717, 1.165) is 19.1 Å². The van der Waals surface area contributed by atoms with Gasteiger partial charge in [-0.2, -0.15) is 0 Å². The molecule has 4 nitrogen and oxygen atoms in total. The van der Waals surface area contributed by atoms with E-state index in [-0.39, 0.29) is 23.6 Å². The van der Waals surface area contributed by atoms with Gasteiger partial charge in [-0.15, -0.1) is 0 Å². The van der Waals surface area contributed by atoms with E-state index in [1.807, 2.05) is 0 Å². The summed E-state index contributed by atoms with van der Waals surface area (Å²) in [6.45, 7) is 2.16. The van der Waals surface area contributed by atoms with Gasteiger partial charge in [-0.05, 0) is 32.1 Å². The van der Waals surface area contributed by atoms with Crippen LogP contribution in [0, 0.1) is 11.8 Å². The van der Waals surface area contributed by atoms with E-state index in [0.29, 0.717) is 32.3 Å². The number of Topliss-reactive ketones (excluding diaryl/α,β-unsaturated/α-hetero) is 1.